The topological polar surface area (TPSA) is 54.3 Å². The predicted molar refractivity (Wildman–Crippen MR) is 90.4 cm³/mol. The third kappa shape index (κ3) is 4.68. The zero-order valence-electron chi connectivity index (χ0n) is 13.8. The Morgan fingerprint density at radius 3 is 2.95 bits per heavy atom. The van der Waals surface area contributed by atoms with E-state index in [9.17, 15) is 9.59 Å². The lowest BCUT2D eigenvalue weighted by Gasteiger charge is -2.35. The lowest BCUT2D eigenvalue weighted by molar-refractivity contribution is -0.121. The first-order valence-electron chi connectivity index (χ1n) is 8.13. The largest absolute Gasteiger partial charge is 0.354 e. The molecular formula is C16H27N3O2S. The van der Waals surface area contributed by atoms with Crippen molar-refractivity contribution < 1.29 is 4.79 Å². The summed E-state index contributed by atoms with van der Waals surface area (Å²) >= 11 is 1.19. The molecule has 1 aliphatic heterocycles. The number of carbonyl (C=O) groups is 1. The number of nitrogens with one attached hydrogen (secondary N) is 1. The molecule has 0 aliphatic carbocycles. The Hall–Kier alpha value is -1.14. The molecule has 0 aromatic carbocycles. The summed E-state index contributed by atoms with van der Waals surface area (Å²) in [4.78, 5) is 26.0. The van der Waals surface area contributed by atoms with E-state index in [1.165, 1.54) is 24.2 Å². The van der Waals surface area contributed by atoms with Gasteiger partial charge in [-0.25, -0.2) is 0 Å². The number of aromatic nitrogens is 1. The van der Waals surface area contributed by atoms with Crippen molar-refractivity contribution in [3.05, 3.63) is 20.7 Å². The number of rotatable bonds is 6. The first-order valence-corrected chi connectivity index (χ1v) is 9.01. The van der Waals surface area contributed by atoms with Crippen LogP contribution in [0.4, 0.5) is 0 Å². The van der Waals surface area contributed by atoms with Gasteiger partial charge in [0.25, 0.3) is 0 Å². The van der Waals surface area contributed by atoms with Crippen molar-refractivity contribution in [3.63, 3.8) is 0 Å². The van der Waals surface area contributed by atoms with Gasteiger partial charge in [-0.1, -0.05) is 18.3 Å². The third-order valence-corrected chi connectivity index (χ3v) is 5.33. The Kier molecular flexibility index (Phi) is 6.20. The minimum atomic E-state index is 0.0148. The first-order chi connectivity index (χ1) is 10.5. The van der Waals surface area contributed by atoms with Crippen molar-refractivity contribution >= 4 is 17.2 Å². The van der Waals surface area contributed by atoms with Crippen molar-refractivity contribution in [1.82, 2.24) is 14.8 Å². The van der Waals surface area contributed by atoms with E-state index in [-0.39, 0.29) is 10.8 Å². The Bertz CT molecular complexity index is 552. The van der Waals surface area contributed by atoms with Crippen LogP contribution in [-0.4, -0.2) is 41.1 Å². The van der Waals surface area contributed by atoms with Gasteiger partial charge in [-0.2, -0.15) is 0 Å². The molecule has 1 saturated heterocycles. The van der Waals surface area contributed by atoms with Gasteiger partial charge in [-0.3, -0.25) is 14.5 Å². The summed E-state index contributed by atoms with van der Waals surface area (Å²) in [5.74, 6) is 0.773. The maximum atomic E-state index is 12.0. The standard InChI is InChI=1S/C16H27N3O2S/c1-12-5-4-7-18(10-12)13(2)9-17-15(20)6-8-19-14(3)11-22-16(19)21/h11-13H,4-10H2,1-3H3,(H,17,20)/t12-,13+/m1/s1. The monoisotopic (exact) mass is 325 g/mol. The van der Waals surface area contributed by atoms with Crippen LogP contribution in [0, 0.1) is 12.8 Å². The van der Waals surface area contributed by atoms with Crippen molar-refractivity contribution in [3.8, 4) is 0 Å². The molecule has 2 atom stereocenters. The first kappa shape index (κ1) is 17.2. The molecule has 2 heterocycles. The molecule has 2 rings (SSSR count). The van der Waals surface area contributed by atoms with Gasteiger partial charge in [-0.05, 0) is 39.2 Å². The molecule has 124 valence electrons. The van der Waals surface area contributed by atoms with Crippen LogP contribution in [0.25, 0.3) is 0 Å². The van der Waals surface area contributed by atoms with Gasteiger partial charge in [0.05, 0.1) is 0 Å². The number of piperidine rings is 1. The number of hydrogen-bond donors (Lipinski definition) is 1. The summed E-state index contributed by atoms with van der Waals surface area (Å²) in [6, 6.07) is 0.373. The average Bonchev–Trinajstić information content (AvgIpc) is 2.81. The smallest absolute Gasteiger partial charge is 0.307 e. The van der Waals surface area contributed by atoms with Gasteiger partial charge in [-0.15, -0.1) is 0 Å². The molecule has 1 aromatic heterocycles. The van der Waals surface area contributed by atoms with Crippen LogP contribution >= 0.6 is 11.3 Å². The summed E-state index contributed by atoms with van der Waals surface area (Å²) in [6.07, 6.45) is 2.92. The number of aryl methyl sites for hydroxylation is 1. The van der Waals surface area contributed by atoms with Gasteiger partial charge in [0.2, 0.25) is 5.91 Å². The zero-order valence-corrected chi connectivity index (χ0v) is 14.6. The van der Waals surface area contributed by atoms with E-state index in [0.717, 1.165) is 24.7 Å². The molecule has 6 heteroatoms. The highest BCUT2D eigenvalue weighted by Gasteiger charge is 2.21. The molecule has 0 saturated carbocycles. The minimum Gasteiger partial charge on any atom is -0.354 e. The van der Waals surface area contributed by atoms with E-state index >= 15 is 0 Å². The fourth-order valence-corrected chi connectivity index (χ4v) is 3.75. The minimum absolute atomic E-state index is 0.0148. The number of carbonyl (C=O) groups excluding carboxylic acids is 1. The van der Waals surface area contributed by atoms with Gasteiger partial charge in [0.1, 0.15) is 0 Å². The fourth-order valence-electron chi connectivity index (χ4n) is 2.99. The Labute approximate surface area is 136 Å². The quantitative estimate of drug-likeness (QED) is 0.868. The molecule has 1 aromatic rings. The third-order valence-electron chi connectivity index (χ3n) is 4.45. The number of amides is 1. The van der Waals surface area contributed by atoms with Crippen LogP contribution in [0.2, 0.25) is 0 Å². The molecule has 0 bridgehead atoms. The van der Waals surface area contributed by atoms with Crippen LogP contribution in [0.1, 0.15) is 38.8 Å². The SMILES string of the molecule is Cc1csc(=O)n1CCC(=O)NC[C@H](C)N1CCC[C@@H](C)C1. The molecule has 0 spiro atoms. The number of likely N-dealkylation sites (tertiary alicyclic amines) is 1. The highest BCUT2D eigenvalue weighted by molar-refractivity contribution is 7.07. The lowest BCUT2D eigenvalue weighted by Crippen LogP contribution is -2.46. The molecule has 1 fully saturated rings. The van der Waals surface area contributed by atoms with Crippen LogP contribution in [0.5, 0.6) is 0 Å². The second-order valence-electron chi connectivity index (χ2n) is 6.44. The van der Waals surface area contributed by atoms with Crippen LogP contribution in [-0.2, 0) is 11.3 Å². The molecular weight excluding hydrogens is 298 g/mol. The van der Waals surface area contributed by atoms with E-state index in [1.54, 1.807) is 4.57 Å². The van der Waals surface area contributed by atoms with Crippen molar-refractivity contribution in [2.24, 2.45) is 5.92 Å². The number of hydrogen-bond acceptors (Lipinski definition) is 4. The summed E-state index contributed by atoms with van der Waals surface area (Å²) in [7, 11) is 0. The maximum Gasteiger partial charge on any atom is 0.307 e. The Morgan fingerprint density at radius 1 is 1.55 bits per heavy atom. The van der Waals surface area contributed by atoms with Crippen LogP contribution in [0.15, 0.2) is 10.2 Å². The lowest BCUT2D eigenvalue weighted by atomic mass is 9.99. The second-order valence-corrected chi connectivity index (χ2v) is 7.26. The molecule has 5 nitrogen and oxygen atoms in total. The highest BCUT2D eigenvalue weighted by atomic mass is 32.1. The van der Waals surface area contributed by atoms with Gasteiger partial charge in [0.15, 0.2) is 0 Å². The van der Waals surface area contributed by atoms with Crippen molar-refractivity contribution in [2.75, 3.05) is 19.6 Å². The van der Waals surface area contributed by atoms with E-state index in [4.69, 9.17) is 0 Å². The summed E-state index contributed by atoms with van der Waals surface area (Å²) in [5, 5.41) is 4.84. The Balaban J connectivity index is 1.72. The molecule has 1 aliphatic rings. The zero-order chi connectivity index (χ0) is 16.1. The van der Waals surface area contributed by atoms with Gasteiger partial charge in [0, 0.05) is 43.2 Å². The molecule has 22 heavy (non-hydrogen) atoms. The summed E-state index contributed by atoms with van der Waals surface area (Å²) in [6.45, 7) is 9.77. The maximum absolute atomic E-state index is 12.0. The Morgan fingerprint density at radius 2 is 2.32 bits per heavy atom. The molecule has 0 radical (unpaired) electrons. The van der Waals surface area contributed by atoms with E-state index in [2.05, 4.69) is 24.1 Å². The van der Waals surface area contributed by atoms with E-state index < -0.39 is 0 Å². The number of thiazole rings is 1. The summed E-state index contributed by atoms with van der Waals surface area (Å²) < 4.78 is 1.67. The van der Waals surface area contributed by atoms with Crippen LogP contribution < -0.4 is 10.2 Å². The predicted octanol–water partition coefficient (Wildman–Crippen LogP) is 1.84. The normalized spacial score (nSPS) is 20.8. The summed E-state index contributed by atoms with van der Waals surface area (Å²) in [5.41, 5.74) is 0.929. The van der Waals surface area contributed by atoms with E-state index in [0.29, 0.717) is 25.6 Å². The van der Waals surface area contributed by atoms with Gasteiger partial charge < -0.3 is 9.88 Å². The van der Waals surface area contributed by atoms with Crippen LogP contribution in [0.3, 0.4) is 0 Å². The van der Waals surface area contributed by atoms with Crippen molar-refractivity contribution in [1.29, 1.82) is 0 Å². The van der Waals surface area contributed by atoms with E-state index in [1.807, 2.05) is 12.3 Å². The number of nitrogens with zero attached hydrogens (tertiary/aromatic N) is 2. The molecule has 1 N–H and O–H groups in total. The average molecular weight is 325 g/mol. The van der Waals surface area contributed by atoms with Crippen molar-refractivity contribution in [2.45, 2.75) is 52.6 Å². The molecule has 1 amide bonds. The fraction of sp³-hybridized carbons (Fsp3) is 0.750. The van der Waals surface area contributed by atoms with Gasteiger partial charge >= 0.3 is 4.87 Å². The highest BCUT2D eigenvalue weighted by Crippen LogP contribution is 2.17. The second kappa shape index (κ2) is 7.92. The molecule has 0 unspecified atom stereocenters.